The summed E-state index contributed by atoms with van der Waals surface area (Å²) in [5, 5.41) is 21.8. The first-order valence-corrected chi connectivity index (χ1v) is 41.7. The average molecular weight is 1590 g/mol. The number of benzene rings is 2. The average Bonchev–Trinajstić information content (AvgIpc) is 0.751. The minimum Gasteiger partial charge on any atom is -0.487 e. The van der Waals surface area contributed by atoms with Gasteiger partial charge in [-0.25, -0.2) is 31.1 Å². The second-order valence-electron chi connectivity index (χ2n) is 32.0. The summed E-state index contributed by atoms with van der Waals surface area (Å²) in [5.41, 5.74) is 21.0. The van der Waals surface area contributed by atoms with E-state index in [1.807, 2.05) is 34.6 Å². The Hall–Kier alpha value is -8.33. The van der Waals surface area contributed by atoms with E-state index in [2.05, 4.69) is 68.9 Å². The second kappa shape index (κ2) is 42.3. The maximum Gasteiger partial charge on any atom is 0.407 e. The van der Waals surface area contributed by atoms with Crippen molar-refractivity contribution < 1.29 is 74.2 Å². The fourth-order valence-corrected chi connectivity index (χ4v) is 16.2. The lowest BCUT2D eigenvalue weighted by molar-refractivity contribution is -0.135. The Morgan fingerprint density at radius 3 is 1.43 bits per heavy atom. The van der Waals surface area contributed by atoms with E-state index in [0.717, 1.165) is 49.7 Å². The summed E-state index contributed by atoms with van der Waals surface area (Å²) in [6.07, 6.45) is 8.79. The van der Waals surface area contributed by atoms with Gasteiger partial charge in [-0.05, 0) is 230 Å². The number of Topliss-reactive ketones (excluding diaryl/α,β-unsaturated/α-hetero) is 1. The highest BCUT2D eigenvalue weighted by Crippen LogP contribution is 2.44. The fraction of sp³-hybridized carbons (Fsp3) is 0.701. The van der Waals surface area contributed by atoms with Crippen molar-refractivity contribution >= 4 is 85.2 Å². The highest BCUT2D eigenvalue weighted by molar-refractivity contribution is 7.90. The Morgan fingerprint density at radius 2 is 0.945 bits per heavy atom. The summed E-state index contributed by atoms with van der Waals surface area (Å²) in [7, 11) is -8.59. The van der Waals surface area contributed by atoms with Crippen LogP contribution in [0.3, 0.4) is 0 Å². The number of ketones is 1. The van der Waals surface area contributed by atoms with Gasteiger partial charge in [0.1, 0.15) is 52.5 Å². The molecule has 0 bridgehead atoms. The number of alkyl carbamates (subject to hydrolysis) is 1. The van der Waals surface area contributed by atoms with Gasteiger partial charge in [-0.15, -0.1) is 0 Å². The lowest BCUT2D eigenvalue weighted by Gasteiger charge is -2.35. The number of carbonyl (C=O) groups is 9. The number of nitrogens with zero attached hydrogens (tertiary/aromatic N) is 2. The Kier molecular flexibility index (Phi) is 36.2. The van der Waals surface area contributed by atoms with Crippen LogP contribution in [0, 0.1) is 53.4 Å². The molecular weight excluding hydrogens is 1460 g/mol. The number of primary amides is 1. The van der Waals surface area contributed by atoms with Crippen LogP contribution in [-0.2, 0) is 76.0 Å². The van der Waals surface area contributed by atoms with Gasteiger partial charge >= 0.3 is 6.09 Å². The molecule has 6 atom stereocenters. The second-order valence-corrected chi connectivity index (χ2v) is 35.3. The van der Waals surface area contributed by atoms with Crippen LogP contribution >= 0.6 is 0 Å². The molecule has 2 aliphatic rings. The summed E-state index contributed by atoms with van der Waals surface area (Å²) in [5.74, 6) is -6.32. The number of rotatable bonds is 43. The van der Waals surface area contributed by atoms with E-state index >= 15 is 0 Å². The number of nitrogens with two attached hydrogens (primary N) is 3. The molecule has 8 amide bonds. The van der Waals surface area contributed by atoms with Crippen molar-refractivity contribution in [3.63, 3.8) is 0 Å². The molecule has 0 fully saturated rings. The normalized spacial score (nSPS) is 15.9. The molecule has 31 nitrogen and oxygen atoms in total. The lowest BCUT2D eigenvalue weighted by Crippen LogP contribution is -2.59. The minimum absolute atomic E-state index is 0.00303. The number of ether oxygens (including phenoxy) is 3. The molecule has 2 aliphatic heterocycles. The highest BCUT2D eigenvalue weighted by atomic mass is 32.2. The number of guanidine groups is 2. The van der Waals surface area contributed by atoms with Crippen LogP contribution in [0.5, 0.6) is 11.5 Å². The van der Waals surface area contributed by atoms with Gasteiger partial charge in [0, 0.05) is 26.1 Å². The zero-order chi connectivity index (χ0) is 83.0. The number of fused-ring (bicyclic) bond motifs is 2. The first-order chi connectivity index (χ1) is 51.1. The van der Waals surface area contributed by atoms with E-state index in [0.29, 0.717) is 77.0 Å². The molecule has 0 unspecified atom stereocenters. The first kappa shape index (κ1) is 94.0. The Labute approximate surface area is 652 Å². The van der Waals surface area contributed by atoms with Crippen LogP contribution in [-0.4, -0.2) is 168 Å². The summed E-state index contributed by atoms with van der Waals surface area (Å²) in [6, 6.07) is -7.62. The molecule has 4 rings (SSSR count). The number of hydrogen-bond donors (Lipinski definition) is 13. The molecule has 2 aromatic rings. The molecule has 0 saturated carbocycles. The van der Waals surface area contributed by atoms with Crippen LogP contribution in [0.15, 0.2) is 19.8 Å². The molecular formula is C77H129N15O16S2. The van der Waals surface area contributed by atoms with Gasteiger partial charge < -0.3 is 68.6 Å². The molecule has 620 valence electrons. The van der Waals surface area contributed by atoms with Crippen molar-refractivity contribution in [1.82, 2.24) is 52.0 Å². The third-order valence-electron chi connectivity index (χ3n) is 19.7. The standard InChI is InChI=1S/C77H129N15O16S2/c1-20-21-22-23-24-25-26-34-60(95)86-56(33-30-41-82-73(80)92-110(104,105)66-49(9)47(7)64-54(51(66)11)36-38-77(18,19)107-64)69(98)90-62(45(4)5)71(100)88-57(31-27-28-39-83-74(101)108-75(13,14)15)68(97)87-55(58(93)42-84-52(12)67(96)89-61(44(2)3)70(99)85-43-59(78)94)32-29-40-81-72(79)91-109(102,103)65-48(8)46(6)63-53(50(65)10)35-37-76(16,17)106-63/h44-45,52,55-57,61-62,84H,20-43H2,1-19H3,(H2,78,94)(H,83,101)(H,85,99)(H,86,95)(H,87,97)(H,88,100)(H,89,96)(H,90,98)(H3,79,81,91)(H3,80,82,92)/t52-,55-,56-,57-,61-,62-/m0/s1. The van der Waals surface area contributed by atoms with Crippen molar-refractivity contribution in [3.05, 3.63) is 44.5 Å². The van der Waals surface area contributed by atoms with Crippen LogP contribution in [0.25, 0.3) is 0 Å². The molecule has 33 heteroatoms. The molecule has 0 spiro atoms. The third-order valence-corrected chi connectivity index (χ3v) is 23.0. The molecule has 0 radical (unpaired) electrons. The Balaban J connectivity index is 1.66. The lowest BCUT2D eigenvalue weighted by atomic mass is 9.88. The Morgan fingerprint density at radius 1 is 0.509 bits per heavy atom. The zero-order valence-electron chi connectivity index (χ0n) is 68.6. The van der Waals surface area contributed by atoms with Gasteiger partial charge in [-0.2, -0.15) is 0 Å². The summed E-state index contributed by atoms with van der Waals surface area (Å²) < 4.78 is 79.3. The van der Waals surface area contributed by atoms with Gasteiger partial charge in [0.15, 0.2) is 5.78 Å². The quantitative estimate of drug-likeness (QED) is 0.0208. The molecule has 16 N–H and O–H groups in total. The Bertz CT molecular complexity index is 3890. The first-order valence-electron chi connectivity index (χ1n) is 38.7. The largest absolute Gasteiger partial charge is 0.487 e. The van der Waals surface area contributed by atoms with Gasteiger partial charge in [0.25, 0.3) is 20.0 Å². The molecule has 2 aromatic carbocycles. The minimum atomic E-state index is -4.32. The van der Waals surface area contributed by atoms with Crippen molar-refractivity contribution in [2.45, 2.75) is 316 Å². The van der Waals surface area contributed by atoms with Crippen molar-refractivity contribution in [2.75, 3.05) is 32.7 Å². The zero-order valence-corrected chi connectivity index (χ0v) is 70.2. The fourth-order valence-electron chi connectivity index (χ4n) is 13.2. The van der Waals surface area contributed by atoms with E-state index in [9.17, 15) is 60.0 Å². The smallest absolute Gasteiger partial charge is 0.407 e. The maximum absolute atomic E-state index is 15.0. The van der Waals surface area contributed by atoms with E-state index in [1.54, 1.807) is 83.1 Å². The van der Waals surface area contributed by atoms with E-state index < -0.39 is 163 Å². The van der Waals surface area contributed by atoms with Crippen molar-refractivity contribution in [3.8, 4) is 11.5 Å². The predicted molar refractivity (Wildman–Crippen MR) is 424 cm³/mol. The molecule has 2 heterocycles. The molecule has 0 aromatic heterocycles. The van der Waals surface area contributed by atoms with Crippen molar-refractivity contribution in [1.29, 1.82) is 0 Å². The van der Waals surface area contributed by atoms with Crippen LogP contribution in [0.4, 0.5) is 4.79 Å². The van der Waals surface area contributed by atoms with Crippen molar-refractivity contribution in [2.24, 2.45) is 39.0 Å². The predicted octanol–water partition coefficient (Wildman–Crippen LogP) is 5.91. The number of carbonyl (C=O) groups excluding carboxylic acids is 9. The molecule has 0 saturated heterocycles. The van der Waals surface area contributed by atoms with Gasteiger partial charge in [-0.1, -0.05) is 73.1 Å². The van der Waals surface area contributed by atoms with E-state index in [-0.39, 0.29) is 80.8 Å². The van der Waals surface area contributed by atoms with Gasteiger partial charge in [-0.3, -0.25) is 53.7 Å². The number of amides is 8. The number of sulfonamides is 2. The summed E-state index contributed by atoms with van der Waals surface area (Å²) >= 11 is 0. The number of aliphatic imine (C=N–C) groups is 2. The van der Waals surface area contributed by atoms with E-state index in [4.69, 9.17) is 31.4 Å². The molecule has 0 aliphatic carbocycles. The van der Waals surface area contributed by atoms with Gasteiger partial charge in [0.2, 0.25) is 53.3 Å². The van der Waals surface area contributed by atoms with Gasteiger partial charge in [0.05, 0.1) is 35.0 Å². The number of nitrogens with one attached hydrogen (secondary N) is 10. The highest BCUT2D eigenvalue weighted by Gasteiger charge is 2.38. The molecule has 110 heavy (non-hydrogen) atoms. The van der Waals surface area contributed by atoms with E-state index in [1.165, 1.54) is 6.92 Å². The SMILES string of the molecule is CCCCCCCCCC(=O)N[C@@H](CCCN=C(N)NS(=O)(=O)c1c(C)c(C)c2c(c1C)CCC(C)(C)O2)C(=O)N[C@H](C(=O)N[C@@H](CCCCNC(=O)OC(C)(C)C)C(=O)N[C@@H](CCCN=C(N)NS(=O)(=O)c1c(C)c(C)c2c(c1C)CCC(C)(C)O2)C(=O)CN[C@@H](C)C(=O)N[C@H](C(=O)NCC(N)=O)C(C)C)C(C)C. The maximum atomic E-state index is 15.0. The topological polar surface area (TPSA) is 473 Å². The number of unbranched alkanes of at least 4 members (excludes halogenated alkanes) is 7. The summed E-state index contributed by atoms with van der Waals surface area (Å²) in [4.78, 5) is 132. The monoisotopic (exact) mass is 1580 g/mol. The summed E-state index contributed by atoms with van der Waals surface area (Å²) in [6.45, 7) is 32.5. The number of hydrogen-bond acceptors (Lipinski definition) is 19. The van der Waals surface area contributed by atoms with Crippen LogP contribution < -0.4 is 78.7 Å². The third kappa shape index (κ3) is 29.4. The van der Waals surface area contributed by atoms with Crippen LogP contribution in [0.1, 0.15) is 244 Å². The van der Waals surface area contributed by atoms with Crippen LogP contribution in [0.2, 0.25) is 0 Å².